The molecule has 16 heavy (non-hydrogen) atoms. The predicted octanol–water partition coefficient (Wildman–Crippen LogP) is -0.439. The number of hydrogen-bond acceptors (Lipinski definition) is 4. The van der Waals surface area contributed by atoms with Gasteiger partial charge in [0, 0.05) is 19.1 Å². The van der Waals surface area contributed by atoms with Crippen molar-refractivity contribution in [1.29, 1.82) is 0 Å². The van der Waals surface area contributed by atoms with Crippen molar-refractivity contribution in [2.45, 2.75) is 31.8 Å². The number of primary amides is 1. The van der Waals surface area contributed by atoms with E-state index in [1.165, 1.54) is 0 Å². The van der Waals surface area contributed by atoms with E-state index in [4.69, 9.17) is 10.5 Å². The molecule has 3 N–H and O–H groups in total. The third-order valence-electron chi connectivity index (χ3n) is 3.44. The van der Waals surface area contributed by atoms with Crippen molar-refractivity contribution in [3.8, 4) is 0 Å². The molecule has 1 rings (SSSR count). The Morgan fingerprint density at radius 1 is 1.69 bits per heavy atom. The van der Waals surface area contributed by atoms with Crippen LogP contribution in [0, 0.1) is 0 Å². The van der Waals surface area contributed by atoms with E-state index >= 15 is 0 Å². The lowest BCUT2D eigenvalue weighted by molar-refractivity contribution is -0.125. The van der Waals surface area contributed by atoms with E-state index in [1.807, 2.05) is 6.92 Å². The molecule has 0 radical (unpaired) electrons. The third kappa shape index (κ3) is 2.93. The number of morpholine rings is 1. The topological polar surface area (TPSA) is 67.6 Å². The van der Waals surface area contributed by atoms with Crippen LogP contribution in [0.4, 0.5) is 0 Å². The zero-order valence-electron chi connectivity index (χ0n) is 10.5. The molecular weight excluding hydrogens is 206 g/mol. The molecule has 0 bridgehead atoms. The summed E-state index contributed by atoms with van der Waals surface area (Å²) in [7, 11) is 1.77. The minimum atomic E-state index is -0.662. The van der Waals surface area contributed by atoms with Gasteiger partial charge in [-0.25, -0.2) is 0 Å². The van der Waals surface area contributed by atoms with Crippen LogP contribution in [-0.2, 0) is 9.53 Å². The van der Waals surface area contributed by atoms with Gasteiger partial charge in [0.2, 0.25) is 5.91 Å². The van der Waals surface area contributed by atoms with Crippen LogP contribution in [0.2, 0.25) is 0 Å². The first-order valence-electron chi connectivity index (χ1n) is 5.84. The van der Waals surface area contributed by atoms with Gasteiger partial charge in [0.25, 0.3) is 0 Å². The number of nitrogens with one attached hydrogen (secondary N) is 1. The van der Waals surface area contributed by atoms with Crippen molar-refractivity contribution in [2.75, 3.05) is 33.4 Å². The van der Waals surface area contributed by atoms with Crippen LogP contribution in [0.3, 0.4) is 0 Å². The molecule has 0 aromatic carbocycles. The van der Waals surface area contributed by atoms with E-state index < -0.39 is 5.54 Å². The summed E-state index contributed by atoms with van der Waals surface area (Å²) in [5.74, 6) is -0.309. The van der Waals surface area contributed by atoms with E-state index in [9.17, 15) is 4.79 Å². The lowest BCUT2D eigenvalue weighted by Gasteiger charge is -2.40. The number of amides is 1. The summed E-state index contributed by atoms with van der Waals surface area (Å²) >= 11 is 0. The van der Waals surface area contributed by atoms with Crippen molar-refractivity contribution < 1.29 is 9.53 Å². The Hall–Kier alpha value is -0.650. The number of carbonyl (C=O) groups is 1. The summed E-state index contributed by atoms with van der Waals surface area (Å²) in [4.78, 5) is 13.7. The highest BCUT2D eigenvalue weighted by Crippen LogP contribution is 2.14. The Kier molecular flexibility index (Phi) is 4.70. The predicted molar refractivity (Wildman–Crippen MR) is 63.1 cm³/mol. The molecule has 2 atom stereocenters. The maximum atomic E-state index is 11.4. The van der Waals surface area contributed by atoms with E-state index in [0.717, 1.165) is 26.2 Å². The number of hydrogen-bond donors (Lipinski definition) is 2. The van der Waals surface area contributed by atoms with Gasteiger partial charge in [-0.3, -0.25) is 9.69 Å². The summed E-state index contributed by atoms with van der Waals surface area (Å²) in [6.45, 7) is 6.96. The first kappa shape index (κ1) is 13.4. The Morgan fingerprint density at radius 2 is 2.38 bits per heavy atom. The van der Waals surface area contributed by atoms with E-state index in [2.05, 4.69) is 17.1 Å². The molecule has 1 saturated heterocycles. The largest absolute Gasteiger partial charge is 0.378 e. The number of ether oxygens (including phenoxy) is 1. The van der Waals surface area contributed by atoms with Gasteiger partial charge in [-0.15, -0.1) is 0 Å². The molecule has 2 unspecified atom stereocenters. The molecule has 1 heterocycles. The van der Waals surface area contributed by atoms with Gasteiger partial charge in [-0.05, 0) is 20.4 Å². The Labute approximate surface area is 97.3 Å². The molecular formula is C11H23N3O2. The molecule has 0 saturated carbocycles. The standard InChI is InChI=1S/C11H23N3O2/c1-4-9-7-16-6-5-14(9)8-11(2,13-3)10(12)15/h9,13H,4-8H2,1-3H3,(H2,12,15). The van der Waals surface area contributed by atoms with E-state index in [0.29, 0.717) is 12.6 Å². The van der Waals surface area contributed by atoms with Gasteiger partial charge in [0.1, 0.15) is 5.54 Å². The minimum absolute atomic E-state index is 0.309. The highest BCUT2D eigenvalue weighted by Gasteiger charge is 2.34. The zero-order valence-corrected chi connectivity index (χ0v) is 10.5. The lowest BCUT2D eigenvalue weighted by Crippen LogP contribution is -2.61. The maximum Gasteiger partial charge on any atom is 0.238 e. The third-order valence-corrected chi connectivity index (χ3v) is 3.44. The second kappa shape index (κ2) is 5.61. The van der Waals surface area contributed by atoms with Crippen molar-refractivity contribution in [1.82, 2.24) is 10.2 Å². The van der Waals surface area contributed by atoms with Gasteiger partial charge < -0.3 is 15.8 Å². The van der Waals surface area contributed by atoms with Crippen LogP contribution < -0.4 is 11.1 Å². The second-order valence-corrected chi connectivity index (χ2v) is 4.55. The smallest absolute Gasteiger partial charge is 0.238 e. The minimum Gasteiger partial charge on any atom is -0.378 e. The maximum absolute atomic E-state index is 11.4. The van der Waals surface area contributed by atoms with Gasteiger partial charge >= 0.3 is 0 Å². The fourth-order valence-electron chi connectivity index (χ4n) is 1.96. The molecule has 5 heteroatoms. The summed E-state index contributed by atoms with van der Waals surface area (Å²) in [6.07, 6.45) is 1.03. The number of nitrogens with two attached hydrogens (primary N) is 1. The Morgan fingerprint density at radius 3 is 2.88 bits per heavy atom. The molecule has 0 aliphatic carbocycles. The van der Waals surface area contributed by atoms with Crippen molar-refractivity contribution in [3.05, 3.63) is 0 Å². The molecule has 1 amide bonds. The number of likely N-dealkylation sites (N-methyl/N-ethyl adjacent to an activating group) is 1. The number of rotatable bonds is 5. The molecule has 5 nitrogen and oxygen atoms in total. The molecule has 0 aromatic rings. The number of nitrogens with zero attached hydrogens (tertiary/aromatic N) is 1. The zero-order chi connectivity index (χ0) is 12.2. The average molecular weight is 229 g/mol. The normalized spacial score (nSPS) is 26.3. The fraction of sp³-hybridized carbons (Fsp3) is 0.909. The van der Waals surface area contributed by atoms with Crippen LogP contribution in [0.1, 0.15) is 20.3 Å². The van der Waals surface area contributed by atoms with Gasteiger partial charge in [-0.1, -0.05) is 6.92 Å². The fourth-order valence-corrected chi connectivity index (χ4v) is 1.96. The number of carbonyl (C=O) groups excluding carboxylic acids is 1. The Bertz CT molecular complexity index is 247. The molecule has 1 fully saturated rings. The molecule has 94 valence electrons. The van der Waals surface area contributed by atoms with Crippen molar-refractivity contribution >= 4 is 5.91 Å². The monoisotopic (exact) mass is 229 g/mol. The average Bonchev–Trinajstić information content (AvgIpc) is 2.29. The van der Waals surface area contributed by atoms with Crippen molar-refractivity contribution in [2.24, 2.45) is 5.73 Å². The first-order valence-corrected chi connectivity index (χ1v) is 5.84. The van der Waals surface area contributed by atoms with Crippen LogP contribution in [0.5, 0.6) is 0 Å². The van der Waals surface area contributed by atoms with Gasteiger partial charge in [0.15, 0.2) is 0 Å². The highest BCUT2D eigenvalue weighted by atomic mass is 16.5. The van der Waals surface area contributed by atoms with Crippen molar-refractivity contribution in [3.63, 3.8) is 0 Å². The quantitative estimate of drug-likeness (QED) is 0.671. The van der Waals surface area contributed by atoms with E-state index in [1.54, 1.807) is 7.05 Å². The summed E-state index contributed by atoms with van der Waals surface area (Å²) in [5.41, 5.74) is 4.76. The highest BCUT2D eigenvalue weighted by molar-refractivity contribution is 5.84. The lowest BCUT2D eigenvalue weighted by atomic mass is 9.99. The summed E-state index contributed by atoms with van der Waals surface area (Å²) in [6, 6.07) is 0.390. The van der Waals surface area contributed by atoms with Crippen LogP contribution >= 0.6 is 0 Å². The molecule has 0 spiro atoms. The van der Waals surface area contributed by atoms with Crippen LogP contribution in [0.25, 0.3) is 0 Å². The summed E-state index contributed by atoms with van der Waals surface area (Å²) < 4.78 is 5.43. The van der Waals surface area contributed by atoms with Gasteiger partial charge in [-0.2, -0.15) is 0 Å². The van der Waals surface area contributed by atoms with Crippen LogP contribution in [-0.4, -0.2) is 55.7 Å². The second-order valence-electron chi connectivity index (χ2n) is 4.55. The van der Waals surface area contributed by atoms with E-state index in [-0.39, 0.29) is 5.91 Å². The molecule has 0 aromatic heterocycles. The Balaban J connectivity index is 2.65. The first-order chi connectivity index (χ1) is 7.53. The molecule has 1 aliphatic heterocycles. The molecule has 1 aliphatic rings. The SMILES string of the molecule is CCC1COCCN1CC(C)(NC)C(N)=O. The summed E-state index contributed by atoms with van der Waals surface area (Å²) in [5, 5.41) is 3.01. The van der Waals surface area contributed by atoms with Gasteiger partial charge in [0.05, 0.1) is 13.2 Å². The van der Waals surface area contributed by atoms with Crippen LogP contribution in [0.15, 0.2) is 0 Å².